The first-order valence-corrected chi connectivity index (χ1v) is 11.3. The molecule has 3 amide bonds. The zero-order valence-corrected chi connectivity index (χ0v) is 19.7. The molecule has 0 saturated carbocycles. The molecule has 1 aromatic carbocycles. The van der Waals surface area contributed by atoms with Crippen LogP contribution in [0.4, 0.5) is 21.0 Å². The van der Waals surface area contributed by atoms with Crippen molar-refractivity contribution < 1.29 is 14.0 Å². The summed E-state index contributed by atoms with van der Waals surface area (Å²) in [4.78, 5) is 37.9. The molecular weight excluding hydrogens is 472 g/mol. The lowest BCUT2D eigenvalue weighted by Crippen LogP contribution is -2.54. The first kappa shape index (κ1) is 23.3. The van der Waals surface area contributed by atoms with Crippen LogP contribution in [0.1, 0.15) is 18.5 Å². The molecule has 0 unspecified atom stereocenters. The summed E-state index contributed by atoms with van der Waals surface area (Å²) in [5, 5.41) is 6.73. The molecule has 3 heterocycles. The van der Waals surface area contributed by atoms with Crippen molar-refractivity contribution in [1.82, 2.24) is 25.1 Å². The van der Waals surface area contributed by atoms with Crippen molar-refractivity contribution >= 4 is 46.9 Å². The molecule has 2 aliphatic rings. The fourth-order valence-electron chi connectivity index (χ4n) is 3.90. The van der Waals surface area contributed by atoms with Gasteiger partial charge in [0.2, 0.25) is 11.9 Å². The normalized spacial score (nSPS) is 19.5. The van der Waals surface area contributed by atoms with Gasteiger partial charge >= 0.3 is 6.03 Å². The van der Waals surface area contributed by atoms with Gasteiger partial charge in [-0.05, 0) is 24.6 Å². The maximum absolute atomic E-state index is 14.4. The summed E-state index contributed by atoms with van der Waals surface area (Å²) in [6.45, 7) is 4.09. The van der Waals surface area contributed by atoms with Crippen LogP contribution in [-0.2, 0) is 4.79 Å². The number of hydrogen-bond acceptors (Lipinski definition) is 6. The van der Waals surface area contributed by atoms with E-state index in [-0.39, 0.29) is 23.8 Å². The Hall–Kier alpha value is -2.85. The first-order chi connectivity index (χ1) is 15.7. The van der Waals surface area contributed by atoms with Crippen LogP contribution in [0.25, 0.3) is 0 Å². The minimum atomic E-state index is -0.578. The number of aromatic nitrogens is 2. The standard InChI is InChI=1S/C21H24Cl2FN7O2/c1-12(14-4-3-13(22)9-15(14)23)26-18-16(24)10-25-20(28-18)31-7-5-30(6-8-31)19(32)17-11-29(2)21(33)27-17/h3-4,9-10,12,17H,5-8,11H2,1-2H3,(H,27,33)(H,25,26,28)/t12-,17-/m1/s1. The molecule has 0 bridgehead atoms. The summed E-state index contributed by atoms with van der Waals surface area (Å²) in [6, 6.07) is 4.03. The number of likely N-dealkylation sites (N-methyl/N-ethyl adjacent to an activating group) is 1. The second-order valence-electron chi connectivity index (χ2n) is 8.09. The molecule has 2 atom stereocenters. The van der Waals surface area contributed by atoms with Gasteiger partial charge in [-0.15, -0.1) is 0 Å². The highest BCUT2D eigenvalue weighted by atomic mass is 35.5. The number of nitrogens with one attached hydrogen (secondary N) is 2. The molecule has 2 saturated heterocycles. The number of rotatable bonds is 5. The van der Waals surface area contributed by atoms with Crippen molar-refractivity contribution in [2.75, 3.05) is 50.0 Å². The number of amides is 3. The van der Waals surface area contributed by atoms with Crippen LogP contribution in [0, 0.1) is 5.82 Å². The highest BCUT2D eigenvalue weighted by Crippen LogP contribution is 2.29. The largest absolute Gasteiger partial charge is 0.361 e. The molecule has 2 N–H and O–H groups in total. The van der Waals surface area contributed by atoms with Gasteiger partial charge in [-0.1, -0.05) is 29.3 Å². The maximum atomic E-state index is 14.4. The van der Waals surface area contributed by atoms with E-state index in [1.165, 1.54) is 4.90 Å². The van der Waals surface area contributed by atoms with Gasteiger partial charge < -0.3 is 25.3 Å². The van der Waals surface area contributed by atoms with Crippen molar-refractivity contribution in [3.63, 3.8) is 0 Å². The Balaban J connectivity index is 1.40. The van der Waals surface area contributed by atoms with Crippen molar-refractivity contribution in [2.24, 2.45) is 0 Å². The summed E-state index contributed by atoms with van der Waals surface area (Å²) in [5.74, 6) is -0.253. The Morgan fingerprint density at radius 1 is 1.27 bits per heavy atom. The number of anilines is 2. The third-order valence-corrected chi connectivity index (χ3v) is 6.35. The van der Waals surface area contributed by atoms with Crippen molar-refractivity contribution in [3.05, 3.63) is 45.8 Å². The monoisotopic (exact) mass is 495 g/mol. The summed E-state index contributed by atoms with van der Waals surface area (Å²) >= 11 is 12.2. The SMILES string of the molecule is C[C@@H](Nc1nc(N2CCN(C(=O)[C@H]3CN(C)C(=O)N3)CC2)ncc1F)c1ccc(Cl)cc1Cl. The van der Waals surface area contributed by atoms with Crippen LogP contribution in [0.2, 0.25) is 10.0 Å². The highest BCUT2D eigenvalue weighted by molar-refractivity contribution is 6.35. The van der Waals surface area contributed by atoms with Crippen LogP contribution in [-0.4, -0.2) is 77.5 Å². The Labute approximate surface area is 200 Å². The smallest absolute Gasteiger partial charge is 0.317 e. The second-order valence-corrected chi connectivity index (χ2v) is 8.94. The number of nitrogens with zero attached hydrogens (tertiary/aromatic N) is 5. The number of carbonyl (C=O) groups is 2. The fraction of sp³-hybridized carbons (Fsp3) is 0.429. The maximum Gasteiger partial charge on any atom is 0.317 e. The van der Waals surface area contributed by atoms with E-state index in [0.717, 1.165) is 11.8 Å². The Morgan fingerprint density at radius 3 is 2.64 bits per heavy atom. The number of benzene rings is 1. The molecule has 0 spiro atoms. The lowest BCUT2D eigenvalue weighted by atomic mass is 10.1. The van der Waals surface area contributed by atoms with Gasteiger partial charge in [0.1, 0.15) is 6.04 Å². The van der Waals surface area contributed by atoms with Gasteiger partial charge in [-0.25, -0.2) is 14.2 Å². The Bertz CT molecular complexity index is 1060. The van der Waals surface area contributed by atoms with E-state index in [4.69, 9.17) is 23.2 Å². The average Bonchev–Trinajstić information content (AvgIpc) is 3.13. The topological polar surface area (TPSA) is 93.7 Å². The predicted octanol–water partition coefficient (Wildman–Crippen LogP) is 2.77. The quantitative estimate of drug-likeness (QED) is 0.662. The van der Waals surface area contributed by atoms with E-state index in [0.29, 0.717) is 48.7 Å². The minimum Gasteiger partial charge on any atom is -0.361 e. The highest BCUT2D eigenvalue weighted by Gasteiger charge is 2.35. The molecule has 2 aliphatic heterocycles. The second kappa shape index (κ2) is 9.56. The summed E-state index contributed by atoms with van der Waals surface area (Å²) in [5.41, 5.74) is 0.761. The van der Waals surface area contributed by atoms with E-state index in [1.807, 2.05) is 11.8 Å². The van der Waals surface area contributed by atoms with Crippen LogP contribution >= 0.6 is 23.2 Å². The number of halogens is 3. The third-order valence-electron chi connectivity index (χ3n) is 5.79. The van der Waals surface area contributed by atoms with Gasteiger partial charge in [-0.2, -0.15) is 4.98 Å². The average molecular weight is 496 g/mol. The molecule has 2 fully saturated rings. The molecule has 4 rings (SSSR count). The fourth-order valence-corrected chi connectivity index (χ4v) is 4.47. The van der Waals surface area contributed by atoms with Crippen LogP contribution in [0.15, 0.2) is 24.4 Å². The lowest BCUT2D eigenvalue weighted by molar-refractivity contribution is -0.133. The Kier molecular flexibility index (Phi) is 6.76. The minimum absolute atomic E-state index is 0.0636. The van der Waals surface area contributed by atoms with E-state index in [1.54, 1.807) is 30.1 Å². The van der Waals surface area contributed by atoms with E-state index in [9.17, 15) is 14.0 Å². The van der Waals surface area contributed by atoms with Crippen LogP contribution < -0.4 is 15.5 Å². The molecule has 1 aromatic heterocycles. The molecule has 9 nitrogen and oxygen atoms in total. The number of urea groups is 1. The third kappa shape index (κ3) is 5.06. The predicted molar refractivity (Wildman–Crippen MR) is 124 cm³/mol. The summed E-state index contributed by atoms with van der Waals surface area (Å²) < 4.78 is 14.4. The first-order valence-electron chi connectivity index (χ1n) is 10.5. The van der Waals surface area contributed by atoms with Gasteiger partial charge in [0.15, 0.2) is 11.6 Å². The molecule has 176 valence electrons. The molecular formula is C21H24Cl2FN7O2. The van der Waals surface area contributed by atoms with E-state index >= 15 is 0 Å². The molecule has 0 aliphatic carbocycles. The van der Waals surface area contributed by atoms with Gasteiger partial charge in [0.05, 0.1) is 18.8 Å². The number of carbonyl (C=O) groups excluding carboxylic acids is 2. The number of hydrogen-bond donors (Lipinski definition) is 2. The van der Waals surface area contributed by atoms with Crippen molar-refractivity contribution in [1.29, 1.82) is 0 Å². The molecule has 12 heteroatoms. The van der Waals surface area contributed by atoms with Crippen molar-refractivity contribution in [3.8, 4) is 0 Å². The zero-order valence-electron chi connectivity index (χ0n) is 18.2. The van der Waals surface area contributed by atoms with Crippen LogP contribution in [0.5, 0.6) is 0 Å². The zero-order chi connectivity index (χ0) is 23.7. The Morgan fingerprint density at radius 2 is 2.00 bits per heavy atom. The molecule has 33 heavy (non-hydrogen) atoms. The van der Waals surface area contributed by atoms with E-state index < -0.39 is 11.9 Å². The van der Waals surface area contributed by atoms with Gasteiger partial charge in [0, 0.05) is 43.3 Å². The summed E-state index contributed by atoms with van der Waals surface area (Å²) in [6.07, 6.45) is 1.13. The van der Waals surface area contributed by atoms with E-state index in [2.05, 4.69) is 20.6 Å². The molecule has 2 aromatic rings. The van der Waals surface area contributed by atoms with Crippen molar-refractivity contribution in [2.45, 2.75) is 19.0 Å². The van der Waals surface area contributed by atoms with Crippen LogP contribution in [0.3, 0.4) is 0 Å². The number of piperazine rings is 1. The summed E-state index contributed by atoms with van der Waals surface area (Å²) in [7, 11) is 1.65. The van der Waals surface area contributed by atoms with Gasteiger partial charge in [-0.3, -0.25) is 4.79 Å². The molecule has 0 radical (unpaired) electrons. The van der Waals surface area contributed by atoms with Gasteiger partial charge in [0.25, 0.3) is 0 Å². The lowest BCUT2D eigenvalue weighted by Gasteiger charge is -2.35.